The van der Waals surface area contributed by atoms with Gasteiger partial charge in [-0.05, 0) is 44.5 Å². The standard InChI is InChI=1S/C18H25BN5/c1-5-6-15(21)22-16-9-14(18(3,4)12-20)10-17(23-16)24-8-7-19-11-13(24)2/h5-6,9-10,13H,1,7-8,11,21H2,2-4H3,(H,22,23)/b15-6+. The lowest BCUT2D eigenvalue weighted by atomic mass is 9.66. The van der Waals surface area contributed by atoms with Crippen molar-refractivity contribution in [3.8, 4) is 6.07 Å². The zero-order valence-electron chi connectivity index (χ0n) is 14.7. The van der Waals surface area contributed by atoms with Crippen LogP contribution in [0.4, 0.5) is 11.6 Å². The summed E-state index contributed by atoms with van der Waals surface area (Å²) in [6.45, 7) is 10.6. The van der Waals surface area contributed by atoms with Gasteiger partial charge in [-0.3, -0.25) is 0 Å². The number of pyridine rings is 1. The molecule has 5 nitrogen and oxygen atoms in total. The monoisotopic (exact) mass is 322 g/mol. The van der Waals surface area contributed by atoms with Crippen LogP contribution >= 0.6 is 0 Å². The van der Waals surface area contributed by atoms with Crippen LogP contribution in [0.3, 0.4) is 0 Å². The van der Waals surface area contributed by atoms with Crippen molar-refractivity contribution in [1.82, 2.24) is 4.98 Å². The molecule has 6 heteroatoms. The first-order chi connectivity index (χ1) is 11.4. The molecule has 0 spiro atoms. The molecule has 2 heterocycles. The lowest BCUT2D eigenvalue weighted by Gasteiger charge is -2.35. The molecule has 1 aliphatic rings. The minimum absolute atomic E-state index is 0.389. The number of hydrogen-bond donors (Lipinski definition) is 2. The molecule has 0 aliphatic carbocycles. The van der Waals surface area contributed by atoms with E-state index in [0.717, 1.165) is 30.6 Å². The van der Waals surface area contributed by atoms with Crippen molar-refractivity contribution in [3.63, 3.8) is 0 Å². The van der Waals surface area contributed by atoms with Crippen LogP contribution in [0.1, 0.15) is 26.3 Å². The summed E-state index contributed by atoms with van der Waals surface area (Å²) in [5.41, 5.74) is 6.24. The Morgan fingerprint density at radius 2 is 2.33 bits per heavy atom. The normalized spacial score (nSPS) is 18.5. The summed E-state index contributed by atoms with van der Waals surface area (Å²) in [6.07, 6.45) is 5.38. The summed E-state index contributed by atoms with van der Waals surface area (Å²) in [7, 11) is 2.31. The SMILES string of the molecule is C=C/C=C(\N)Nc1cc(C(C)(C)C#N)cc(N2CC[B]CC2C)n1. The summed E-state index contributed by atoms with van der Waals surface area (Å²) in [5, 5.41) is 12.6. The van der Waals surface area contributed by atoms with Crippen molar-refractivity contribution >= 4 is 18.9 Å². The van der Waals surface area contributed by atoms with Gasteiger partial charge in [0.2, 0.25) is 0 Å². The summed E-state index contributed by atoms with van der Waals surface area (Å²) in [6, 6.07) is 6.66. The number of nitrogens with one attached hydrogen (secondary N) is 1. The molecule has 125 valence electrons. The molecule has 1 aliphatic heterocycles. The molecule has 0 aromatic carbocycles. The molecule has 0 bridgehead atoms. The minimum Gasteiger partial charge on any atom is -0.385 e. The second-order valence-electron chi connectivity index (χ2n) is 6.67. The Bertz CT molecular complexity index is 674. The Hall–Kier alpha value is -2.42. The summed E-state index contributed by atoms with van der Waals surface area (Å²) >= 11 is 0. The van der Waals surface area contributed by atoms with Crippen molar-refractivity contribution in [2.75, 3.05) is 16.8 Å². The highest BCUT2D eigenvalue weighted by molar-refractivity contribution is 6.36. The van der Waals surface area contributed by atoms with E-state index in [-0.39, 0.29) is 0 Å². The third-order valence-corrected chi connectivity index (χ3v) is 4.29. The van der Waals surface area contributed by atoms with E-state index in [4.69, 9.17) is 10.7 Å². The number of nitrogens with two attached hydrogens (primary N) is 1. The number of hydrogen-bond acceptors (Lipinski definition) is 5. The van der Waals surface area contributed by atoms with Gasteiger partial charge in [-0.2, -0.15) is 5.26 Å². The molecule has 24 heavy (non-hydrogen) atoms. The van der Waals surface area contributed by atoms with E-state index in [2.05, 4.69) is 37.1 Å². The highest BCUT2D eigenvalue weighted by Crippen LogP contribution is 2.30. The summed E-state index contributed by atoms with van der Waals surface area (Å²) in [5.74, 6) is 1.99. The van der Waals surface area contributed by atoms with Crippen LogP contribution in [0.25, 0.3) is 0 Å². The van der Waals surface area contributed by atoms with Crippen LogP contribution in [-0.2, 0) is 5.41 Å². The lowest BCUT2D eigenvalue weighted by Crippen LogP contribution is -2.40. The summed E-state index contributed by atoms with van der Waals surface area (Å²) < 4.78 is 0. The van der Waals surface area contributed by atoms with E-state index < -0.39 is 5.41 Å². The Balaban J connectivity index is 2.46. The van der Waals surface area contributed by atoms with Crippen molar-refractivity contribution in [2.24, 2.45) is 5.73 Å². The van der Waals surface area contributed by atoms with Crippen LogP contribution in [0.5, 0.6) is 0 Å². The zero-order chi connectivity index (χ0) is 17.7. The van der Waals surface area contributed by atoms with Crippen molar-refractivity contribution in [3.05, 3.63) is 42.2 Å². The second-order valence-corrected chi connectivity index (χ2v) is 6.67. The Labute approximate surface area is 145 Å². The maximum atomic E-state index is 9.50. The smallest absolute Gasteiger partial charge is 0.134 e. The summed E-state index contributed by atoms with van der Waals surface area (Å²) in [4.78, 5) is 7.00. The largest absolute Gasteiger partial charge is 0.385 e. The van der Waals surface area contributed by atoms with E-state index >= 15 is 0 Å². The Morgan fingerprint density at radius 1 is 1.58 bits per heavy atom. The van der Waals surface area contributed by atoms with E-state index in [1.165, 1.54) is 0 Å². The van der Waals surface area contributed by atoms with Crippen molar-refractivity contribution in [1.29, 1.82) is 5.26 Å². The fourth-order valence-corrected chi connectivity index (χ4v) is 2.75. The fourth-order valence-electron chi connectivity index (χ4n) is 2.75. The fraction of sp³-hybridized carbons (Fsp3) is 0.444. The highest BCUT2D eigenvalue weighted by atomic mass is 15.2. The van der Waals surface area contributed by atoms with Gasteiger partial charge < -0.3 is 16.0 Å². The molecule has 1 aromatic rings. The van der Waals surface area contributed by atoms with Gasteiger partial charge in [-0.15, -0.1) is 0 Å². The number of rotatable bonds is 5. The lowest BCUT2D eigenvalue weighted by molar-refractivity contribution is 0.657. The van der Waals surface area contributed by atoms with Crippen LogP contribution < -0.4 is 16.0 Å². The van der Waals surface area contributed by atoms with Gasteiger partial charge in [0.25, 0.3) is 0 Å². The van der Waals surface area contributed by atoms with Gasteiger partial charge in [0.05, 0.1) is 11.5 Å². The maximum Gasteiger partial charge on any atom is 0.134 e. The Morgan fingerprint density at radius 3 is 2.96 bits per heavy atom. The van der Waals surface area contributed by atoms with Crippen molar-refractivity contribution in [2.45, 2.75) is 44.9 Å². The van der Waals surface area contributed by atoms with Crippen LogP contribution in [-0.4, -0.2) is 24.9 Å². The predicted molar refractivity (Wildman–Crippen MR) is 101 cm³/mol. The van der Waals surface area contributed by atoms with E-state index in [1.54, 1.807) is 12.2 Å². The molecular weight excluding hydrogens is 297 g/mol. The third-order valence-electron chi connectivity index (χ3n) is 4.29. The number of allylic oxidation sites excluding steroid dienone is 2. The Kier molecular flexibility index (Phi) is 5.56. The highest BCUT2D eigenvalue weighted by Gasteiger charge is 2.25. The molecule has 0 saturated carbocycles. The second kappa shape index (κ2) is 7.44. The van der Waals surface area contributed by atoms with Crippen LogP contribution in [0.2, 0.25) is 12.6 Å². The van der Waals surface area contributed by atoms with Crippen molar-refractivity contribution < 1.29 is 0 Å². The molecule has 1 atom stereocenters. The molecule has 0 amide bonds. The molecule has 1 radical (unpaired) electrons. The molecule has 2 rings (SSSR count). The average Bonchev–Trinajstić information content (AvgIpc) is 2.55. The number of nitrogens with zero attached hydrogens (tertiary/aromatic N) is 3. The van der Waals surface area contributed by atoms with Gasteiger partial charge >= 0.3 is 0 Å². The molecule has 3 N–H and O–H groups in total. The molecule has 1 fully saturated rings. The molecule has 1 aromatic heterocycles. The molecular formula is C18H25BN5. The number of nitriles is 1. The van der Waals surface area contributed by atoms with E-state index in [1.807, 2.05) is 26.0 Å². The van der Waals surface area contributed by atoms with Crippen LogP contribution in [0.15, 0.2) is 36.7 Å². The van der Waals surface area contributed by atoms with Gasteiger partial charge in [-0.25, -0.2) is 4.98 Å². The van der Waals surface area contributed by atoms with E-state index in [0.29, 0.717) is 17.7 Å². The third kappa shape index (κ3) is 4.11. The van der Waals surface area contributed by atoms with Gasteiger partial charge in [-0.1, -0.05) is 25.3 Å². The average molecular weight is 322 g/mol. The maximum absolute atomic E-state index is 9.50. The van der Waals surface area contributed by atoms with Crippen LogP contribution in [0, 0.1) is 11.3 Å². The first-order valence-corrected chi connectivity index (χ1v) is 8.24. The number of aromatic nitrogens is 1. The first kappa shape index (κ1) is 17.9. The molecule has 1 unspecified atom stereocenters. The van der Waals surface area contributed by atoms with Gasteiger partial charge in [0, 0.05) is 12.6 Å². The topological polar surface area (TPSA) is 78.0 Å². The molecule has 1 saturated heterocycles. The minimum atomic E-state index is -0.601. The van der Waals surface area contributed by atoms with Gasteiger partial charge in [0.1, 0.15) is 24.7 Å². The predicted octanol–water partition coefficient (Wildman–Crippen LogP) is 3.03. The number of anilines is 2. The first-order valence-electron chi connectivity index (χ1n) is 8.24. The quantitative estimate of drug-likeness (QED) is 0.643. The zero-order valence-corrected chi connectivity index (χ0v) is 14.7. The van der Waals surface area contributed by atoms with Gasteiger partial charge in [0.15, 0.2) is 0 Å². The van der Waals surface area contributed by atoms with E-state index in [9.17, 15) is 5.26 Å².